The lowest BCUT2D eigenvalue weighted by Crippen LogP contribution is -1.99. The Bertz CT molecular complexity index is 816. The number of fused-ring (bicyclic) bond motifs is 1. The molecule has 3 heterocycles. The number of nitrogens with zero attached hydrogens (tertiary/aromatic N) is 3. The summed E-state index contributed by atoms with van der Waals surface area (Å²) in [5.41, 5.74) is 2.35. The molecule has 0 saturated heterocycles. The number of nitrogens with one attached hydrogen (secondary N) is 1. The Morgan fingerprint density at radius 3 is 2.79 bits per heavy atom. The number of hydrogen-bond acceptors (Lipinski definition) is 4. The van der Waals surface area contributed by atoms with Crippen molar-refractivity contribution in [2.24, 2.45) is 4.99 Å². The van der Waals surface area contributed by atoms with Crippen LogP contribution < -0.4 is 0 Å². The summed E-state index contributed by atoms with van der Waals surface area (Å²) >= 11 is 6.03. The number of aromatic hydroxyl groups is 1. The molecule has 0 atom stereocenters. The maximum absolute atomic E-state index is 10.2. The average molecular weight is 343 g/mol. The van der Waals surface area contributed by atoms with Crippen molar-refractivity contribution in [2.75, 3.05) is 0 Å². The van der Waals surface area contributed by atoms with Gasteiger partial charge in [0, 0.05) is 29.5 Å². The van der Waals surface area contributed by atoms with Gasteiger partial charge < -0.3 is 10.1 Å². The van der Waals surface area contributed by atoms with E-state index in [-0.39, 0.29) is 5.88 Å². The van der Waals surface area contributed by atoms with Crippen LogP contribution >= 0.6 is 11.6 Å². The zero-order chi connectivity index (χ0) is 16.5. The molecule has 1 saturated carbocycles. The summed E-state index contributed by atoms with van der Waals surface area (Å²) in [6.45, 7) is 0. The van der Waals surface area contributed by atoms with Crippen molar-refractivity contribution in [2.45, 2.75) is 44.4 Å². The molecule has 1 fully saturated rings. The standard InChI is InChI=1S/C18H19ClN4O/c19-13-8-14-12(9-20-17(14)21-10-13)7-15-18(24)23-16(22-15)11-5-3-1-2-4-6-11/h7-11,24H,1-6H2,(H,22,23)/b12-7-. The molecular formula is C18H19ClN4O. The minimum atomic E-state index is 0.0404. The van der Waals surface area contributed by atoms with Crippen molar-refractivity contribution < 1.29 is 5.11 Å². The first-order valence-electron chi connectivity index (χ1n) is 8.41. The van der Waals surface area contributed by atoms with Gasteiger partial charge in [0.05, 0.1) is 5.02 Å². The molecule has 0 amide bonds. The van der Waals surface area contributed by atoms with Gasteiger partial charge in [0.1, 0.15) is 11.5 Å². The molecular weight excluding hydrogens is 324 g/mol. The summed E-state index contributed by atoms with van der Waals surface area (Å²) in [5, 5.41) is 10.8. The largest absolute Gasteiger partial charge is 0.492 e. The third kappa shape index (κ3) is 2.96. The summed E-state index contributed by atoms with van der Waals surface area (Å²) in [5.74, 6) is 1.99. The van der Waals surface area contributed by atoms with E-state index in [1.54, 1.807) is 12.4 Å². The van der Waals surface area contributed by atoms with E-state index in [1.165, 1.54) is 25.7 Å². The SMILES string of the molecule is Oc1nc(C2CCCCCC2)[nH]c1/C=C1/C=Nc2ncc(Cl)cc21. The van der Waals surface area contributed by atoms with Crippen LogP contribution in [0.1, 0.15) is 61.5 Å². The molecule has 0 aromatic carbocycles. The highest BCUT2D eigenvalue weighted by molar-refractivity contribution is 6.31. The van der Waals surface area contributed by atoms with Crippen molar-refractivity contribution in [3.63, 3.8) is 0 Å². The van der Waals surface area contributed by atoms with Crippen molar-refractivity contribution >= 4 is 35.3 Å². The maximum atomic E-state index is 10.2. The van der Waals surface area contributed by atoms with Crippen molar-refractivity contribution in [1.82, 2.24) is 15.0 Å². The second kappa shape index (κ2) is 6.40. The number of halogens is 1. The second-order valence-corrected chi connectivity index (χ2v) is 6.87. The Hall–Kier alpha value is -2.14. The predicted molar refractivity (Wildman–Crippen MR) is 96.0 cm³/mol. The van der Waals surface area contributed by atoms with Crippen LogP contribution in [0.4, 0.5) is 5.82 Å². The minimum Gasteiger partial charge on any atom is -0.492 e. The Morgan fingerprint density at radius 2 is 2.00 bits per heavy atom. The summed E-state index contributed by atoms with van der Waals surface area (Å²) in [7, 11) is 0. The topological polar surface area (TPSA) is 74.2 Å². The smallest absolute Gasteiger partial charge is 0.237 e. The van der Waals surface area contributed by atoms with Gasteiger partial charge >= 0.3 is 0 Å². The van der Waals surface area contributed by atoms with Gasteiger partial charge in [-0.25, -0.2) is 9.98 Å². The third-order valence-electron chi connectivity index (χ3n) is 4.74. The van der Waals surface area contributed by atoms with Crippen LogP contribution in [0.15, 0.2) is 17.3 Å². The fourth-order valence-corrected chi connectivity index (χ4v) is 3.62. The molecule has 2 aliphatic rings. The lowest BCUT2D eigenvalue weighted by atomic mass is 10.00. The fraction of sp³-hybridized carbons (Fsp3) is 0.389. The molecule has 6 heteroatoms. The molecule has 2 aromatic rings. The number of pyridine rings is 1. The Kier molecular flexibility index (Phi) is 4.10. The molecule has 2 N–H and O–H groups in total. The summed E-state index contributed by atoms with van der Waals surface area (Å²) in [4.78, 5) is 16.1. The lowest BCUT2D eigenvalue weighted by molar-refractivity contribution is 0.451. The molecule has 0 unspecified atom stereocenters. The van der Waals surface area contributed by atoms with Crippen LogP contribution in [0.25, 0.3) is 11.6 Å². The number of H-pyrrole nitrogens is 1. The maximum Gasteiger partial charge on any atom is 0.237 e. The van der Waals surface area contributed by atoms with Crippen molar-refractivity contribution in [3.8, 4) is 5.88 Å². The van der Waals surface area contributed by atoms with Gasteiger partial charge in [0.15, 0.2) is 5.82 Å². The first kappa shape index (κ1) is 15.4. The molecule has 1 aliphatic heterocycles. The van der Waals surface area contributed by atoms with Gasteiger partial charge in [-0.15, -0.1) is 0 Å². The first-order valence-corrected chi connectivity index (χ1v) is 8.79. The Balaban J connectivity index is 1.64. The summed E-state index contributed by atoms with van der Waals surface area (Å²) in [6, 6.07) is 1.84. The Morgan fingerprint density at radius 1 is 1.21 bits per heavy atom. The third-order valence-corrected chi connectivity index (χ3v) is 4.95. The van der Waals surface area contributed by atoms with Gasteiger partial charge in [-0.05, 0) is 25.0 Å². The highest BCUT2D eigenvalue weighted by Gasteiger charge is 2.20. The van der Waals surface area contributed by atoms with Crippen molar-refractivity contribution in [1.29, 1.82) is 0 Å². The van der Waals surface area contributed by atoms with Crippen molar-refractivity contribution in [3.05, 3.63) is 34.4 Å². The zero-order valence-corrected chi connectivity index (χ0v) is 14.1. The predicted octanol–water partition coefficient (Wildman–Crippen LogP) is 4.86. The molecule has 5 nitrogen and oxygen atoms in total. The number of aromatic amines is 1. The Labute approximate surface area is 145 Å². The van der Waals surface area contributed by atoms with Crippen LogP contribution in [-0.2, 0) is 0 Å². The molecule has 24 heavy (non-hydrogen) atoms. The van der Waals surface area contributed by atoms with E-state index >= 15 is 0 Å². The number of rotatable bonds is 2. The fourth-order valence-electron chi connectivity index (χ4n) is 3.46. The van der Waals surface area contributed by atoms with Gasteiger partial charge in [0.2, 0.25) is 5.88 Å². The summed E-state index contributed by atoms with van der Waals surface area (Å²) < 4.78 is 0. The average Bonchev–Trinajstić information content (AvgIpc) is 3.01. The van der Waals surface area contributed by atoms with Crippen LogP contribution in [-0.4, -0.2) is 26.3 Å². The summed E-state index contributed by atoms with van der Waals surface area (Å²) in [6.07, 6.45) is 12.5. The molecule has 4 rings (SSSR count). The number of imidazole rings is 1. The quantitative estimate of drug-likeness (QED) is 0.765. The molecule has 0 bridgehead atoms. The van der Waals surface area contributed by atoms with Gasteiger partial charge in [-0.3, -0.25) is 0 Å². The zero-order valence-electron chi connectivity index (χ0n) is 13.3. The number of hydrogen-bond donors (Lipinski definition) is 2. The molecule has 0 radical (unpaired) electrons. The minimum absolute atomic E-state index is 0.0404. The molecule has 1 aliphatic carbocycles. The van der Waals surface area contributed by atoms with Crippen LogP contribution in [0.2, 0.25) is 5.02 Å². The van der Waals surface area contributed by atoms with Gasteiger partial charge in [-0.2, -0.15) is 4.98 Å². The first-order chi connectivity index (χ1) is 11.7. The highest BCUT2D eigenvalue weighted by Crippen LogP contribution is 2.35. The molecule has 124 valence electrons. The second-order valence-electron chi connectivity index (χ2n) is 6.43. The van der Waals surface area contributed by atoms with Crippen LogP contribution in [0, 0.1) is 0 Å². The van der Waals surface area contributed by atoms with E-state index in [4.69, 9.17) is 11.6 Å². The van der Waals surface area contributed by atoms with E-state index in [2.05, 4.69) is 19.9 Å². The van der Waals surface area contributed by atoms with Crippen LogP contribution in [0.5, 0.6) is 5.88 Å². The molecule has 2 aromatic heterocycles. The van der Waals surface area contributed by atoms with E-state index in [9.17, 15) is 5.11 Å². The van der Waals surface area contributed by atoms with E-state index in [0.29, 0.717) is 22.5 Å². The molecule has 0 spiro atoms. The monoisotopic (exact) mass is 342 g/mol. The number of aromatic nitrogens is 3. The van der Waals surface area contributed by atoms with E-state index in [1.807, 2.05) is 12.1 Å². The number of aliphatic imine (C=N–C) groups is 1. The highest BCUT2D eigenvalue weighted by atomic mass is 35.5. The van der Waals surface area contributed by atoms with E-state index in [0.717, 1.165) is 29.8 Å². The van der Waals surface area contributed by atoms with Gasteiger partial charge in [-0.1, -0.05) is 37.3 Å². The van der Waals surface area contributed by atoms with Crippen LogP contribution in [0.3, 0.4) is 0 Å². The lowest BCUT2D eigenvalue weighted by Gasteiger charge is -2.09. The van der Waals surface area contributed by atoms with Gasteiger partial charge in [0.25, 0.3) is 0 Å². The number of allylic oxidation sites excluding steroid dienone is 1. The normalized spacial score (nSPS) is 19.6. The van der Waals surface area contributed by atoms with E-state index < -0.39 is 0 Å².